The largest absolute Gasteiger partial charge is 0.454 e. The van der Waals surface area contributed by atoms with Crippen LogP contribution in [0, 0.1) is 6.92 Å². The average Bonchev–Trinajstić information content (AvgIpc) is 3.09. The first-order chi connectivity index (χ1) is 13.0. The van der Waals surface area contributed by atoms with Gasteiger partial charge in [0.15, 0.2) is 11.5 Å². The fourth-order valence-electron chi connectivity index (χ4n) is 3.57. The van der Waals surface area contributed by atoms with Crippen molar-refractivity contribution in [3.63, 3.8) is 0 Å². The lowest BCUT2D eigenvalue weighted by Crippen LogP contribution is -2.48. The second-order valence-electron chi connectivity index (χ2n) is 7.11. The van der Waals surface area contributed by atoms with Crippen LogP contribution in [0.15, 0.2) is 42.5 Å². The van der Waals surface area contributed by atoms with Gasteiger partial charge in [0.05, 0.1) is 5.75 Å². The Kier molecular flexibility index (Phi) is 5.08. The molecular formula is C20H24N2O4S. The molecule has 7 heteroatoms. The van der Waals surface area contributed by atoms with Crippen molar-refractivity contribution >= 4 is 10.0 Å². The molecule has 0 radical (unpaired) electrons. The third kappa shape index (κ3) is 4.26. The molecule has 0 bridgehead atoms. The van der Waals surface area contributed by atoms with Crippen LogP contribution in [0.25, 0.3) is 0 Å². The maximum Gasteiger partial charge on any atom is 0.231 e. The number of ether oxygens (including phenoxy) is 2. The number of sulfonamides is 1. The molecule has 0 aliphatic carbocycles. The fourth-order valence-corrected chi connectivity index (χ4v) is 5.07. The van der Waals surface area contributed by atoms with Crippen LogP contribution in [0.3, 0.4) is 0 Å². The molecule has 0 amide bonds. The molecule has 2 aliphatic heterocycles. The molecule has 2 heterocycles. The SMILES string of the molecule is Cc1cccc(CS(=O)(=O)N2CCN(Cc3ccc4c(c3)OCO4)CC2)c1. The van der Waals surface area contributed by atoms with Gasteiger partial charge in [0.2, 0.25) is 16.8 Å². The van der Waals surface area contributed by atoms with Crippen LogP contribution < -0.4 is 9.47 Å². The monoisotopic (exact) mass is 388 g/mol. The van der Waals surface area contributed by atoms with E-state index in [1.165, 1.54) is 0 Å². The average molecular weight is 388 g/mol. The Hall–Kier alpha value is -2.09. The van der Waals surface area contributed by atoms with Gasteiger partial charge in [-0.3, -0.25) is 4.90 Å². The molecule has 27 heavy (non-hydrogen) atoms. The van der Waals surface area contributed by atoms with Gasteiger partial charge in [-0.2, -0.15) is 4.31 Å². The topological polar surface area (TPSA) is 59.1 Å². The van der Waals surface area contributed by atoms with Gasteiger partial charge in [0.1, 0.15) is 0 Å². The highest BCUT2D eigenvalue weighted by atomic mass is 32.2. The standard InChI is InChI=1S/C20H24N2O4S/c1-16-3-2-4-18(11-16)14-27(23,24)22-9-7-21(8-10-22)13-17-5-6-19-20(12-17)26-15-25-19/h2-6,11-12H,7-10,13-15H2,1H3. The Balaban J connectivity index is 1.34. The highest BCUT2D eigenvalue weighted by molar-refractivity contribution is 7.88. The summed E-state index contributed by atoms with van der Waals surface area (Å²) >= 11 is 0. The van der Waals surface area contributed by atoms with E-state index in [4.69, 9.17) is 9.47 Å². The zero-order chi connectivity index (χ0) is 18.9. The van der Waals surface area contributed by atoms with E-state index in [1.807, 2.05) is 49.4 Å². The van der Waals surface area contributed by atoms with Crippen LogP contribution >= 0.6 is 0 Å². The van der Waals surface area contributed by atoms with E-state index in [1.54, 1.807) is 4.31 Å². The first kappa shape index (κ1) is 18.3. The Bertz CT molecular complexity index is 921. The highest BCUT2D eigenvalue weighted by Gasteiger charge is 2.27. The number of fused-ring (bicyclic) bond motifs is 1. The van der Waals surface area contributed by atoms with Gasteiger partial charge in [-0.25, -0.2) is 8.42 Å². The molecule has 144 valence electrons. The van der Waals surface area contributed by atoms with Crippen molar-refractivity contribution in [3.05, 3.63) is 59.2 Å². The normalized spacial score (nSPS) is 18.0. The molecule has 0 saturated carbocycles. The molecule has 2 aliphatic rings. The van der Waals surface area contributed by atoms with Crippen molar-refractivity contribution in [1.29, 1.82) is 0 Å². The number of hydrogen-bond acceptors (Lipinski definition) is 5. The maximum atomic E-state index is 12.7. The summed E-state index contributed by atoms with van der Waals surface area (Å²) in [5.41, 5.74) is 3.07. The van der Waals surface area contributed by atoms with E-state index in [2.05, 4.69) is 4.90 Å². The summed E-state index contributed by atoms with van der Waals surface area (Å²) in [6.45, 7) is 5.53. The van der Waals surface area contributed by atoms with E-state index in [9.17, 15) is 8.42 Å². The van der Waals surface area contributed by atoms with Crippen LogP contribution in [0.4, 0.5) is 0 Å². The minimum atomic E-state index is -3.29. The Morgan fingerprint density at radius 3 is 2.48 bits per heavy atom. The molecule has 1 fully saturated rings. The van der Waals surface area contributed by atoms with E-state index in [0.29, 0.717) is 13.1 Å². The number of aryl methyl sites for hydroxylation is 1. The number of nitrogens with zero attached hydrogens (tertiary/aromatic N) is 2. The Morgan fingerprint density at radius 2 is 1.70 bits per heavy atom. The first-order valence-corrected chi connectivity index (χ1v) is 10.7. The molecule has 6 nitrogen and oxygen atoms in total. The minimum Gasteiger partial charge on any atom is -0.454 e. The Labute approximate surface area is 160 Å². The zero-order valence-electron chi connectivity index (χ0n) is 15.4. The van der Waals surface area contributed by atoms with Gasteiger partial charge in [-0.15, -0.1) is 0 Å². The van der Waals surface area contributed by atoms with Crippen molar-refractivity contribution in [2.45, 2.75) is 19.2 Å². The van der Waals surface area contributed by atoms with Crippen LogP contribution in [-0.2, 0) is 22.3 Å². The Morgan fingerprint density at radius 1 is 0.926 bits per heavy atom. The second-order valence-corrected chi connectivity index (χ2v) is 9.08. The quantitative estimate of drug-likeness (QED) is 0.787. The predicted octanol–water partition coefficient (Wildman–Crippen LogP) is 2.37. The summed E-state index contributed by atoms with van der Waals surface area (Å²) in [6, 6.07) is 13.7. The summed E-state index contributed by atoms with van der Waals surface area (Å²) in [6.07, 6.45) is 0. The fraction of sp³-hybridized carbons (Fsp3) is 0.400. The zero-order valence-corrected chi connectivity index (χ0v) is 16.2. The van der Waals surface area contributed by atoms with E-state index in [-0.39, 0.29) is 12.5 Å². The predicted molar refractivity (Wildman–Crippen MR) is 103 cm³/mol. The van der Waals surface area contributed by atoms with Gasteiger partial charge in [0, 0.05) is 32.7 Å². The summed E-state index contributed by atoms with van der Waals surface area (Å²) in [5.74, 6) is 1.63. The summed E-state index contributed by atoms with van der Waals surface area (Å²) in [7, 11) is -3.29. The lowest BCUT2D eigenvalue weighted by Gasteiger charge is -2.34. The van der Waals surface area contributed by atoms with Crippen LogP contribution in [-0.4, -0.2) is 50.6 Å². The lowest BCUT2D eigenvalue weighted by molar-refractivity contribution is 0.173. The van der Waals surface area contributed by atoms with Crippen LogP contribution in [0.2, 0.25) is 0 Å². The third-order valence-corrected chi connectivity index (χ3v) is 6.85. The van der Waals surface area contributed by atoms with Crippen LogP contribution in [0.1, 0.15) is 16.7 Å². The summed E-state index contributed by atoms with van der Waals surface area (Å²) < 4.78 is 37.9. The molecule has 0 aromatic heterocycles. The lowest BCUT2D eigenvalue weighted by atomic mass is 10.2. The van der Waals surface area contributed by atoms with E-state index >= 15 is 0 Å². The van der Waals surface area contributed by atoms with E-state index in [0.717, 1.165) is 47.8 Å². The van der Waals surface area contributed by atoms with E-state index < -0.39 is 10.0 Å². The van der Waals surface area contributed by atoms with Crippen molar-refractivity contribution in [2.24, 2.45) is 0 Å². The molecule has 0 unspecified atom stereocenters. The van der Waals surface area contributed by atoms with Gasteiger partial charge < -0.3 is 9.47 Å². The van der Waals surface area contributed by atoms with Crippen molar-refractivity contribution in [2.75, 3.05) is 33.0 Å². The van der Waals surface area contributed by atoms with Gasteiger partial charge in [-0.05, 0) is 30.2 Å². The molecule has 1 saturated heterocycles. The summed E-state index contributed by atoms with van der Waals surface area (Å²) in [5, 5.41) is 0. The van der Waals surface area contributed by atoms with Crippen molar-refractivity contribution in [1.82, 2.24) is 9.21 Å². The third-order valence-electron chi connectivity index (χ3n) is 5.00. The molecule has 0 N–H and O–H groups in total. The number of rotatable bonds is 5. The molecule has 0 spiro atoms. The molecule has 0 atom stereocenters. The minimum absolute atomic E-state index is 0.0663. The number of hydrogen-bond donors (Lipinski definition) is 0. The molecule has 2 aromatic rings. The molecule has 2 aromatic carbocycles. The maximum absolute atomic E-state index is 12.7. The number of benzene rings is 2. The summed E-state index contributed by atoms with van der Waals surface area (Å²) in [4.78, 5) is 2.27. The van der Waals surface area contributed by atoms with Crippen molar-refractivity contribution in [3.8, 4) is 11.5 Å². The first-order valence-electron chi connectivity index (χ1n) is 9.14. The van der Waals surface area contributed by atoms with Gasteiger partial charge in [0.25, 0.3) is 0 Å². The van der Waals surface area contributed by atoms with Gasteiger partial charge in [-0.1, -0.05) is 35.9 Å². The smallest absolute Gasteiger partial charge is 0.231 e. The molecular weight excluding hydrogens is 364 g/mol. The van der Waals surface area contributed by atoms with Gasteiger partial charge >= 0.3 is 0 Å². The second kappa shape index (κ2) is 7.50. The highest BCUT2D eigenvalue weighted by Crippen LogP contribution is 2.32. The van der Waals surface area contributed by atoms with Crippen LogP contribution in [0.5, 0.6) is 11.5 Å². The number of piperazine rings is 1. The molecule has 4 rings (SSSR count). The van der Waals surface area contributed by atoms with Crippen molar-refractivity contribution < 1.29 is 17.9 Å².